The Morgan fingerprint density at radius 3 is 1.14 bits per heavy atom. The lowest BCUT2D eigenvalue weighted by Gasteiger charge is -2.28. The normalized spacial score (nSPS) is 24.9. The number of ether oxygens (including phenoxy) is 7. The number of nitrogen functional groups attached to an aromatic ring is 2. The van der Waals surface area contributed by atoms with Crippen LogP contribution in [-0.4, -0.2) is 128 Å². The zero-order chi connectivity index (χ0) is 72.5. The number of esters is 2. The second-order valence-electron chi connectivity index (χ2n) is 26.9. The SMILES string of the molecule is CCOC(=O)C(N)c1ccc(C2CCC(OC)CC2)cc1.CCOC(=O)C(NC)c1ccc(C2CCC(OC)CC2)cc1.CNC(C(=O)O)c1ccc(C2CCC(OC)CC2)cc1.COC1CCC(c2ccc(C3COC(=O)N3)cc2)CC1.NC1CCCCC1N.Nc1ccc(Br)cc1N. The first kappa shape index (κ1) is 82.5. The lowest BCUT2D eigenvalue weighted by atomic mass is 9.82. The summed E-state index contributed by atoms with van der Waals surface area (Å²) in [5, 5.41) is 17.8. The molecule has 6 fully saturated rings. The van der Waals surface area contributed by atoms with E-state index in [1.54, 1.807) is 61.6 Å². The van der Waals surface area contributed by atoms with Gasteiger partial charge in [0.1, 0.15) is 24.7 Å². The second kappa shape index (κ2) is 44.1. The molecule has 1 heterocycles. The van der Waals surface area contributed by atoms with Crippen molar-refractivity contribution < 1.29 is 57.4 Å². The zero-order valence-electron chi connectivity index (χ0n) is 60.5. The van der Waals surface area contributed by atoms with Crippen molar-refractivity contribution in [3.05, 3.63) is 164 Å². The molecule has 0 radical (unpaired) electrons. The summed E-state index contributed by atoms with van der Waals surface area (Å²) in [4.78, 5) is 45.7. The Bertz CT molecular complexity index is 3140. The van der Waals surface area contributed by atoms with E-state index in [-0.39, 0.29) is 36.2 Å². The summed E-state index contributed by atoms with van der Waals surface area (Å²) in [6, 6.07) is 37.3. The fraction of sp³-hybridized carbons (Fsp3) is 0.570. The summed E-state index contributed by atoms with van der Waals surface area (Å²) in [5.74, 6) is 0.976. The van der Waals surface area contributed by atoms with Crippen molar-refractivity contribution in [1.82, 2.24) is 16.0 Å². The Hall–Kier alpha value is -6.50. The van der Waals surface area contributed by atoms with Gasteiger partial charge in [-0.3, -0.25) is 4.79 Å². The minimum atomic E-state index is -0.846. The molecule has 0 spiro atoms. The van der Waals surface area contributed by atoms with Gasteiger partial charge in [0.05, 0.1) is 55.0 Å². The number of nitrogens with two attached hydrogens (primary N) is 5. The highest BCUT2D eigenvalue weighted by atomic mass is 79.9. The average molecular weight is 1450 g/mol. The first-order valence-electron chi connectivity index (χ1n) is 36.2. The van der Waals surface area contributed by atoms with Gasteiger partial charge in [-0.15, -0.1) is 0 Å². The molecule has 20 nitrogen and oxygen atoms in total. The number of benzene rings is 5. The van der Waals surface area contributed by atoms with E-state index in [2.05, 4.69) is 92.5 Å². The summed E-state index contributed by atoms with van der Waals surface area (Å²) in [6.45, 7) is 4.79. The number of likely N-dealkylation sites (N-methyl/N-ethyl adjacent to an activating group) is 2. The lowest BCUT2D eigenvalue weighted by molar-refractivity contribution is -0.146. The van der Waals surface area contributed by atoms with Gasteiger partial charge in [0.15, 0.2) is 0 Å². The van der Waals surface area contributed by atoms with E-state index in [9.17, 15) is 19.2 Å². The number of carboxylic acid groups (broad SMARTS) is 1. The molecule has 100 heavy (non-hydrogen) atoms. The van der Waals surface area contributed by atoms with Crippen LogP contribution in [0.4, 0.5) is 16.2 Å². The van der Waals surface area contributed by atoms with Crippen molar-refractivity contribution in [2.24, 2.45) is 17.2 Å². The van der Waals surface area contributed by atoms with Crippen molar-refractivity contribution >= 4 is 51.3 Å². The highest BCUT2D eigenvalue weighted by molar-refractivity contribution is 9.10. The maximum absolute atomic E-state index is 11.9. The van der Waals surface area contributed by atoms with E-state index in [0.717, 1.165) is 117 Å². The Balaban J connectivity index is 0.000000195. The van der Waals surface area contributed by atoms with Gasteiger partial charge in [-0.2, -0.15) is 0 Å². The first-order valence-corrected chi connectivity index (χ1v) is 37.0. The average Bonchev–Trinajstić information content (AvgIpc) is 0.972. The number of carboxylic acids is 1. The third-order valence-corrected chi connectivity index (χ3v) is 21.1. The van der Waals surface area contributed by atoms with Crippen LogP contribution in [0, 0.1) is 0 Å². The van der Waals surface area contributed by atoms with Crippen LogP contribution in [0.3, 0.4) is 0 Å². The van der Waals surface area contributed by atoms with Crippen molar-refractivity contribution in [3.63, 3.8) is 0 Å². The topological polar surface area (TPSA) is 319 Å². The van der Waals surface area contributed by atoms with Crippen LogP contribution in [0.15, 0.2) is 120 Å². The molecule has 11 rings (SSSR count). The van der Waals surface area contributed by atoms with Crippen molar-refractivity contribution in [3.8, 4) is 0 Å². The van der Waals surface area contributed by atoms with E-state index in [1.807, 2.05) is 49.4 Å². The van der Waals surface area contributed by atoms with Crippen LogP contribution < -0.4 is 44.6 Å². The van der Waals surface area contributed by atoms with Crippen LogP contribution in [0.5, 0.6) is 0 Å². The predicted octanol–water partition coefficient (Wildman–Crippen LogP) is 13.8. The Kier molecular flexibility index (Phi) is 36.4. The zero-order valence-corrected chi connectivity index (χ0v) is 62.1. The molecule has 5 aliphatic carbocycles. The van der Waals surface area contributed by atoms with E-state index < -0.39 is 24.1 Å². The van der Waals surface area contributed by atoms with Gasteiger partial charge in [-0.05, 0) is 230 Å². The molecule has 14 N–H and O–H groups in total. The quantitative estimate of drug-likeness (QED) is 0.0211. The second-order valence-corrected chi connectivity index (χ2v) is 27.9. The predicted molar refractivity (Wildman–Crippen MR) is 400 cm³/mol. The van der Waals surface area contributed by atoms with E-state index in [0.29, 0.717) is 79.3 Å². The number of halogens is 1. The van der Waals surface area contributed by atoms with Gasteiger partial charge in [0.25, 0.3) is 0 Å². The summed E-state index contributed by atoms with van der Waals surface area (Å²) < 4.78 is 37.6. The molecule has 21 heteroatoms. The van der Waals surface area contributed by atoms with Crippen LogP contribution in [-0.2, 0) is 47.5 Å². The monoisotopic (exact) mass is 1450 g/mol. The number of carbonyl (C=O) groups excluding carboxylic acids is 3. The molecule has 552 valence electrons. The molecule has 0 aromatic heterocycles. The number of amides is 1. The highest BCUT2D eigenvalue weighted by Gasteiger charge is 2.29. The first-order chi connectivity index (χ1) is 48.3. The van der Waals surface area contributed by atoms with Crippen LogP contribution in [0.2, 0.25) is 0 Å². The summed E-state index contributed by atoms with van der Waals surface area (Å²) in [5.41, 5.74) is 38.4. The Morgan fingerprint density at radius 2 is 0.840 bits per heavy atom. The molecule has 5 saturated carbocycles. The minimum Gasteiger partial charge on any atom is -0.480 e. The van der Waals surface area contributed by atoms with Crippen molar-refractivity contribution in [1.29, 1.82) is 0 Å². The standard InChI is InChI=1S/C18H27NO3.C17H25NO3.C16H21NO3.C16H23NO3.C6H7BrN2.C6H14N2/c1-4-22-18(20)17(19-2)15-7-5-13(6-8-15)14-9-11-16(21-3)12-10-14;1-3-21-17(19)16(18)14-6-4-12(5-7-14)13-8-10-15(20-2)11-9-13;1-19-14-8-6-12(7-9-14)11-2-4-13(5-3-11)15-10-20-16(18)17-15;1-17-15(16(18)19)13-5-3-11(4-6-13)12-7-9-14(20-2)10-8-12;7-4-1-2-5(8)6(9)3-4;7-5-3-1-2-4-6(5)8/h5-8,14,16-17,19H,4,9-12H2,1-3H3;4-7,13,15-16H,3,8-11,18H2,1-2H3;2-5,12,14-15H,6-10H2,1H3,(H,17,18);3-6,12,14-15,17H,7-10H2,1-2H3,(H,18,19);1-3H,8-9H2;5-6H,1-4,7-8H2. The van der Waals surface area contributed by atoms with Gasteiger partial charge in [0, 0.05) is 45.0 Å². The number of alkyl carbamates (subject to hydrolysis) is 1. The summed E-state index contributed by atoms with van der Waals surface area (Å²) >= 11 is 3.26. The molecule has 6 unspecified atom stereocenters. The molecular weight excluding hydrogens is 1330 g/mol. The Labute approximate surface area is 603 Å². The summed E-state index contributed by atoms with van der Waals surface area (Å²) in [7, 11) is 10.6. The third-order valence-electron chi connectivity index (χ3n) is 20.6. The van der Waals surface area contributed by atoms with Gasteiger partial charge in [-0.1, -0.05) is 126 Å². The number of methoxy groups -OCH3 is 4. The van der Waals surface area contributed by atoms with Gasteiger partial charge in [0.2, 0.25) is 0 Å². The third kappa shape index (κ3) is 26.4. The number of nitrogens with one attached hydrogen (secondary N) is 3. The molecule has 5 aromatic rings. The fourth-order valence-corrected chi connectivity index (χ4v) is 14.5. The number of aliphatic carboxylic acids is 1. The number of carbonyl (C=O) groups is 4. The van der Waals surface area contributed by atoms with E-state index >= 15 is 0 Å². The fourth-order valence-electron chi connectivity index (χ4n) is 14.2. The number of rotatable bonds is 19. The van der Waals surface area contributed by atoms with Gasteiger partial charge < -0.3 is 82.9 Å². The maximum atomic E-state index is 11.9. The van der Waals surface area contributed by atoms with Gasteiger partial charge >= 0.3 is 24.0 Å². The van der Waals surface area contributed by atoms with Crippen LogP contribution >= 0.6 is 15.9 Å². The molecule has 6 aliphatic rings. The smallest absolute Gasteiger partial charge is 0.407 e. The maximum Gasteiger partial charge on any atom is 0.407 e. The van der Waals surface area contributed by atoms with Crippen LogP contribution in [0.25, 0.3) is 0 Å². The Morgan fingerprint density at radius 1 is 0.500 bits per heavy atom. The molecule has 1 aliphatic heterocycles. The lowest BCUT2D eigenvalue weighted by Crippen LogP contribution is -2.43. The summed E-state index contributed by atoms with van der Waals surface area (Å²) in [6.07, 6.45) is 24.5. The number of hydrogen-bond donors (Lipinski definition) is 9. The van der Waals surface area contributed by atoms with Crippen molar-refractivity contribution in [2.75, 3.05) is 73.8 Å². The number of anilines is 2. The molecule has 0 bridgehead atoms. The van der Waals surface area contributed by atoms with Crippen molar-refractivity contribution in [2.45, 2.75) is 227 Å². The number of hydrogen-bond acceptors (Lipinski definition) is 18. The minimum absolute atomic E-state index is 0.000720. The molecular formula is C79H117BrN8O12. The van der Waals surface area contributed by atoms with Gasteiger partial charge in [-0.25, -0.2) is 14.4 Å². The number of cyclic esters (lactones) is 1. The largest absolute Gasteiger partial charge is 0.480 e. The molecule has 1 amide bonds. The van der Waals surface area contributed by atoms with Crippen LogP contribution in [0.1, 0.15) is 235 Å². The molecule has 6 atom stereocenters. The molecule has 5 aromatic carbocycles. The van der Waals surface area contributed by atoms with E-state index in [1.165, 1.54) is 60.8 Å². The molecule has 1 saturated heterocycles. The van der Waals surface area contributed by atoms with E-state index in [4.69, 9.17) is 66.9 Å². The highest BCUT2D eigenvalue weighted by Crippen LogP contribution is 2.38.